The molecule has 0 atom stereocenters. The molecule has 0 bridgehead atoms. The van der Waals surface area contributed by atoms with Crippen LogP contribution < -0.4 is 15.8 Å². The van der Waals surface area contributed by atoms with Gasteiger partial charge >= 0.3 is 0 Å². The summed E-state index contributed by atoms with van der Waals surface area (Å²) in [7, 11) is 0. The number of carbonyl (C=O) groups is 1. The second kappa shape index (κ2) is 7.71. The first-order chi connectivity index (χ1) is 8.63. The van der Waals surface area contributed by atoms with Gasteiger partial charge in [-0.25, -0.2) is 0 Å². The highest BCUT2D eigenvalue weighted by Gasteiger charge is 2.05. The SMILES string of the molecule is CC(C)CCNC(=O)COc1ccccc1CN. The van der Waals surface area contributed by atoms with Crippen molar-refractivity contribution in [3.63, 3.8) is 0 Å². The van der Waals surface area contributed by atoms with E-state index in [-0.39, 0.29) is 12.5 Å². The van der Waals surface area contributed by atoms with Gasteiger partial charge in [-0.2, -0.15) is 0 Å². The van der Waals surface area contributed by atoms with Crippen LogP contribution in [0.2, 0.25) is 0 Å². The van der Waals surface area contributed by atoms with Crippen LogP contribution in [-0.4, -0.2) is 19.1 Å². The zero-order valence-corrected chi connectivity index (χ0v) is 11.1. The van der Waals surface area contributed by atoms with E-state index in [1.807, 2.05) is 24.3 Å². The third kappa shape index (κ3) is 5.19. The van der Waals surface area contributed by atoms with E-state index in [0.717, 1.165) is 12.0 Å². The van der Waals surface area contributed by atoms with Gasteiger partial charge in [-0.1, -0.05) is 32.0 Å². The number of hydrogen-bond donors (Lipinski definition) is 2. The Labute approximate surface area is 109 Å². The third-order valence-electron chi connectivity index (χ3n) is 2.60. The molecule has 4 nitrogen and oxygen atoms in total. The Bertz CT molecular complexity index is 378. The fourth-order valence-corrected chi connectivity index (χ4v) is 1.51. The highest BCUT2D eigenvalue weighted by atomic mass is 16.5. The maximum Gasteiger partial charge on any atom is 0.257 e. The standard InChI is InChI=1S/C14H22N2O2/c1-11(2)7-8-16-14(17)10-18-13-6-4-3-5-12(13)9-15/h3-6,11H,7-10,15H2,1-2H3,(H,16,17). The number of ether oxygens (including phenoxy) is 1. The number of hydrogen-bond acceptors (Lipinski definition) is 3. The number of nitrogens with one attached hydrogen (secondary N) is 1. The molecule has 0 spiro atoms. The molecule has 0 saturated heterocycles. The number of carbonyl (C=O) groups excluding carboxylic acids is 1. The quantitative estimate of drug-likeness (QED) is 0.774. The third-order valence-corrected chi connectivity index (χ3v) is 2.60. The molecule has 0 heterocycles. The van der Waals surface area contributed by atoms with E-state index in [2.05, 4.69) is 19.2 Å². The molecule has 1 rings (SSSR count). The van der Waals surface area contributed by atoms with Gasteiger partial charge < -0.3 is 15.8 Å². The van der Waals surface area contributed by atoms with Crippen LogP contribution in [0.1, 0.15) is 25.8 Å². The van der Waals surface area contributed by atoms with Crippen LogP contribution in [0.5, 0.6) is 5.75 Å². The van der Waals surface area contributed by atoms with Crippen molar-refractivity contribution in [2.24, 2.45) is 11.7 Å². The lowest BCUT2D eigenvalue weighted by Crippen LogP contribution is -2.30. The van der Waals surface area contributed by atoms with Gasteiger partial charge in [-0.3, -0.25) is 4.79 Å². The normalized spacial score (nSPS) is 10.4. The van der Waals surface area contributed by atoms with Crippen LogP contribution in [0.3, 0.4) is 0 Å². The van der Waals surface area contributed by atoms with E-state index in [9.17, 15) is 4.79 Å². The zero-order chi connectivity index (χ0) is 13.4. The minimum atomic E-state index is -0.0949. The predicted molar refractivity (Wildman–Crippen MR) is 72.3 cm³/mol. The molecule has 3 N–H and O–H groups in total. The van der Waals surface area contributed by atoms with Crippen molar-refractivity contribution >= 4 is 5.91 Å². The first kappa shape index (κ1) is 14.5. The number of nitrogens with two attached hydrogens (primary N) is 1. The summed E-state index contributed by atoms with van der Waals surface area (Å²) in [6.45, 7) is 5.39. The molecular formula is C14H22N2O2. The van der Waals surface area contributed by atoms with Gasteiger partial charge in [0, 0.05) is 18.7 Å². The Kier molecular flexibility index (Phi) is 6.22. The van der Waals surface area contributed by atoms with Gasteiger partial charge in [0.25, 0.3) is 5.91 Å². The second-order valence-electron chi connectivity index (χ2n) is 4.63. The molecule has 0 saturated carbocycles. The molecule has 0 aromatic heterocycles. The Hall–Kier alpha value is -1.55. The Morgan fingerprint density at radius 3 is 2.78 bits per heavy atom. The van der Waals surface area contributed by atoms with E-state index in [1.165, 1.54) is 0 Å². The van der Waals surface area contributed by atoms with Crippen molar-refractivity contribution in [1.29, 1.82) is 0 Å². The van der Waals surface area contributed by atoms with Crippen LogP contribution in [0, 0.1) is 5.92 Å². The summed E-state index contributed by atoms with van der Waals surface area (Å²) in [5, 5.41) is 2.83. The Morgan fingerprint density at radius 1 is 1.39 bits per heavy atom. The van der Waals surface area contributed by atoms with E-state index >= 15 is 0 Å². The van der Waals surface area contributed by atoms with E-state index in [0.29, 0.717) is 24.8 Å². The minimum Gasteiger partial charge on any atom is -0.483 e. The van der Waals surface area contributed by atoms with Crippen molar-refractivity contribution in [2.75, 3.05) is 13.2 Å². The summed E-state index contributed by atoms with van der Waals surface area (Å²) in [4.78, 5) is 11.5. The first-order valence-corrected chi connectivity index (χ1v) is 6.31. The van der Waals surface area contributed by atoms with Gasteiger partial charge in [-0.15, -0.1) is 0 Å². The summed E-state index contributed by atoms with van der Waals surface area (Å²) in [5.41, 5.74) is 6.50. The first-order valence-electron chi connectivity index (χ1n) is 6.31. The summed E-state index contributed by atoms with van der Waals surface area (Å²) < 4.78 is 5.46. The largest absolute Gasteiger partial charge is 0.483 e. The molecule has 1 aromatic rings. The summed E-state index contributed by atoms with van der Waals surface area (Å²) in [6.07, 6.45) is 0.977. The molecule has 0 radical (unpaired) electrons. The van der Waals surface area contributed by atoms with Crippen molar-refractivity contribution in [2.45, 2.75) is 26.8 Å². The number of para-hydroxylation sites is 1. The number of amides is 1. The van der Waals surface area contributed by atoms with Gasteiger partial charge in [0.15, 0.2) is 6.61 Å². The maximum absolute atomic E-state index is 11.5. The average Bonchev–Trinajstić information content (AvgIpc) is 2.36. The lowest BCUT2D eigenvalue weighted by molar-refractivity contribution is -0.123. The second-order valence-corrected chi connectivity index (χ2v) is 4.63. The lowest BCUT2D eigenvalue weighted by Gasteiger charge is -2.11. The molecule has 1 amide bonds. The van der Waals surface area contributed by atoms with Gasteiger partial charge in [-0.05, 0) is 18.4 Å². The number of benzene rings is 1. The predicted octanol–water partition coefficient (Wildman–Crippen LogP) is 1.69. The van der Waals surface area contributed by atoms with Crippen molar-refractivity contribution in [1.82, 2.24) is 5.32 Å². The molecule has 0 fully saturated rings. The van der Waals surface area contributed by atoms with Gasteiger partial charge in [0.1, 0.15) is 5.75 Å². The highest BCUT2D eigenvalue weighted by Crippen LogP contribution is 2.16. The fourth-order valence-electron chi connectivity index (χ4n) is 1.51. The monoisotopic (exact) mass is 250 g/mol. The fraction of sp³-hybridized carbons (Fsp3) is 0.500. The van der Waals surface area contributed by atoms with Crippen LogP contribution in [-0.2, 0) is 11.3 Å². The van der Waals surface area contributed by atoms with Crippen LogP contribution >= 0.6 is 0 Å². The number of rotatable bonds is 7. The van der Waals surface area contributed by atoms with E-state index in [1.54, 1.807) is 0 Å². The Balaban J connectivity index is 2.33. The summed E-state index contributed by atoms with van der Waals surface area (Å²) in [6, 6.07) is 7.48. The molecule has 0 aliphatic carbocycles. The minimum absolute atomic E-state index is 0.0368. The molecule has 0 aliphatic heterocycles. The Morgan fingerprint density at radius 2 is 2.11 bits per heavy atom. The van der Waals surface area contributed by atoms with Gasteiger partial charge in [0.2, 0.25) is 0 Å². The zero-order valence-electron chi connectivity index (χ0n) is 11.1. The highest BCUT2D eigenvalue weighted by molar-refractivity contribution is 5.77. The maximum atomic E-state index is 11.5. The van der Waals surface area contributed by atoms with E-state index < -0.39 is 0 Å². The summed E-state index contributed by atoms with van der Waals surface area (Å²) in [5.74, 6) is 1.17. The van der Waals surface area contributed by atoms with Crippen LogP contribution in [0.4, 0.5) is 0 Å². The summed E-state index contributed by atoms with van der Waals surface area (Å²) >= 11 is 0. The molecule has 100 valence electrons. The van der Waals surface area contributed by atoms with Crippen molar-refractivity contribution in [3.05, 3.63) is 29.8 Å². The average molecular weight is 250 g/mol. The molecule has 18 heavy (non-hydrogen) atoms. The molecule has 1 aromatic carbocycles. The van der Waals surface area contributed by atoms with Crippen LogP contribution in [0.25, 0.3) is 0 Å². The molecule has 4 heteroatoms. The molecular weight excluding hydrogens is 228 g/mol. The lowest BCUT2D eigenvalue weighted by atomic mass is 10.1. The molecule has 0 unspecified atom stereocenters. The topological polar surface area (TPSA) is 64.3 Å². The molecule has 0 aliphatic rings. The van der Waals surface area contributed by atoms with Gasteiger partial charge in [0.05, 0.1) is 0 Å². The smallest absolute Gasteiger partial charge is 0.257 e. The van der Waals surface area contributed by atoms with E-state index in [4.69, 9.17) is 10.5 Å². The van der Waals surface area contributed by atoms with Crippen LogP contribution in [0.15, 0.2) is 24.3 Å². The van der Waals surface area contributed by atoms with Crippen molar-refractivity contribution < 1.29 is 9.53 Å². The van der Waals surface area contributed by atoms with Crippen molar-refractivity contribution in [3.8, 4) is 5.75 Å².